The minimum Gasteiger partial charge on any atom is -0.396 e. The van der Waals surface area contributed by atoms with Crippen molar-refractivity contribution in [1.29, 1.82) is 0 Å². The number of aliphatic hydroxyl groups is 1. The largest absolute Gasteiger partial charge is 0.396 e. The van der Waals surface area contributed by atoms with E-state index in [1.165, 1.54) is 0 Å². The number of carbonyl (C=O) groups is 1. The van der Waals surface area contributed by atoms with Crippen molar-refractivity contribution in [3.8, 4) is 0 Å². The second-order valence-electron chi connectivity index (χ2n) is 2.28. The predicted octanol–water partition coefficient (Wildman–Crippen LogP) is -1.21. The topological polar surface area (TPSA) is 66.6 Å². The molecule has 0 spiro atoms. The van der Waals surface area contributed by atoms with Gasteiger partial charge in [-0.1, -0.05) is 0 Å². The van der Waals surface area contributed by atoms with Gasteiger partial charge in [0, 0.05) is 13.2 Å². The highest BCUT2D eigenvalue weighted by Crippen LogP contribution is 1.84. The first-order valence-electron chi connectivity index (χ1n) is 3.24. The monoisotopic (exact) mass is 146 g/mol. The van der Waals surface area contributed by atoms with Crippen molar-refractivity contribution in [2.45, 2.75) is 6.42 Å². The number of hydrogen-bond donors (Lipinski definition) is 2. The molecule has 0 fully saturated rings. The van der Waals surface area contributed by atoms with Crippen molar-refractivity contribution in [3.05, 3.63) is 0 Å². The van der Waals surface area contributed by atoms with E-state index >= 15 is 0 Å². The molecule has 0 saturated carbocycles. The van der Waals surface area contributed by atoms with E-state index in [2.05, 4.69) is 0 Å². The standard InChI is InChI=1S/C6H14N2O2/c1-8(3-2-4-9)5-6(7)10/h9H,2-5H2,1H3,(H2,7,10). The van der Waals surface area contributed by atoms with Crippen molar-refractivity contribution in [1.82, 2.24) is 4.90 Å². The van der Waals surface area contributed by atoms with Crippen molar-refractivity contribution < 1.29 is 9.90 Å². The maximum Gasteiger partial charge on any atom is 0.231 e. The van der Waals surface area contributed by atoms with Crippen LogP contribution in [0.2, 0.25) is 0 Å². The molecule has 3 N–H and O–H groups in total. The van der Waals surface area contributed by atoms with E-state index in [0.29, 0.717) is 13.0 Å². The van der Waals surface area contributed by atoms with Crippen molar-refractivity contribution in [2.75, 3.05) is 26.7 Å². The van der Waals surface area contributed by atoms with Gasteiger partial charge < -0.3 is 10.8 Å². The number of carbonyl (C=O) groups excluding carboxylic acids is 1. The molecule has 0 aromatic heterocycles. The van der Waals surface area contributed by atoms with Crippen molar-refractivity contribution in [2.24, 2.45) is 5.73 Å². The molecule has 1 amide bonds. The number of hydrogen-bond acceptors (Lipinski definition) is 3. The van der Waals surface area contributed by atoms with Crippen LogP contribution in [0.25, 0.3) is 0 Å². The lowest BCUT2D eigenvalue weighted by atomic mass is 10.4. The van der Waals surface area contributed by atoms with Gasteiger partial charge in [0.15, 0.2) is 0 Å². The molecule has 0 saturated heterocycles. The Morgan fingerprint density at radius 1 is 1.70 bits per heavy atom. The van der Waals surface area contributed by atoms with Crippen molar-refractivity contribution >= 4 is 5.91 Å². The predicted molar refractivity (Wildman–Crippen MR) is 38.4 cm³/mol. The van der Waals surface area contributed by atoms with Crippen molar-refractivity contribution in [3.63, 3.8) is 0 Å². The van der Waals surface area contributed by atoms with Gasteiger partial charge in [-0.05, 0) is 13.5 Å². The van der Waals surface area contributed by atoms with E-state index in [1.54, 1.807) is 11.9 Å². The summed E-state index contributed by atoms with van der Waals surface area (Å²) in [5.41, 5.74) is 4.92. The van der Waals surface area contributed by atoms with Crippen LogP contribution >= 0.6 is 0 Å². The van der Waals surface area contributed by atoms with E-state index in [1.807, 2.05) is 0 Å². The highest BCUT2D eigenvalue weighted by atomic mass is 16.3. The van der Waals surface area contributed by atoms with Crippen LogP contribution in [-0.4, -0.2) is 42.7 Å². The molecule has 0 aromatic rings. The number of aliphatic hydroxyl groups excluding tert-OH is 1. The molecule has 60 valence electrons. The van der Waals surface area contributed by atoms with Gasteiger partial charge in [0.25, 0.3) is 0 Å². The van der Waals surface area contributed by atoms with E-state index in [0.717, 1.165) is 0 Å². The van der Waals surface area contributed by atoms with Crippen LogP contribution in [-0.2, 0) is 4.79 Å². The minimum absolute atomic E-state index is 0.156. The third-order valence-electron chi connectivity index (χ3n) is 1.12. The third kappa shape index (κ3) is 5.53. The first-order chi connectivity index (χ1) is 4.66. The van der Waals surface area contributed by atoms with Crippen LogP contribution in [0.1, 0.15) is 6.42 Å². The summed E-state index contributed by atoms with van der Waals surface area (Å²) in [6, 6.07) is 0. The van der Waals surface area contributed by atoms with Gasteiger partial charge in [0.2, 0.25) is 5.91 Å². The molecular weight excluding hydrogens is 132 g/mol. The molecule has 0 aliphatic carbocycles. The van der Waals surface area contributed by atoms with Gasteiger partial charge in [-0.2, -0.15) is 0 Å². The summed E-state index contributed by atoms with van der Waals surface area (Å²) in [7, 11) is 1.79. The number of nitrogens with zero attached hydrogens (tertiary/aromatic N) is 1. The zero-order valence-corrected chi connectivity index (χ0v) is 6.21. The fraction of sp³-hybridized carbons (Fsp3) is 0.833. The fourth-order valence-corrected chi connectivity index (χ4v) is 0.686. The van der Waals surface area contributed by atoms with Gasteiger partial charge in [0.05, 0.1) is 6.54 Å². The lowest BCUT2D eigenvalue weighted by molar-refractivity contribution is -0.118. The van der Waals surface area contributed by atoms with Gasteiger partial charge in [0.1, 0.15) is 0 Å². The Morgan fingerprint density at radius 3 is 2.70 bits per heavy atom. The molecule has 0 radical (unpaired) electrons. The first-order valence-corrected chi connectivity index (χ1v) is 3.24. The average Bonchev–Trinajstić information content (AvgIpc) is 1.82. The van der Waals surface area contributed by atoms with Crippen LogP contribution in [0.3, 0.4) is 0 Å². The SMILES string of the molecule is CN(CCCO)CC(N)=O. The summed E-state index contributed by atoms with van der Waals surface area (Å²) < 4.78 is 0. The van der Waals surface area contributed by atoms with Crippen LogP contribution in [0.5, 0.6) is 0 Å². The molecule has 0 bridgehead atoms. The highest BCUT2D eigenvalue weighted by Gasteiger charge is 1.99. The van der Waals surface area contributed by atoms with Gasteiger partial charge >= 0.3 is 0 Å². The number of nitrogens with two attached hydrogens (primary N) is 1. The lowest BCUT2D eigenvalue weighted by Gasteiger charge is -2.12. The molecule has 4 heteroatoms. The fourth-order valence-electron chi connectivity index (χ4n) is 0.686. The van der Waals surface area contributed by atoms with Crippen LogP contribution in [0.15, 0.2) is 0 Å². The maximum atomic E-state index is 10.3. The Labute approximate surface area is 60.6 Å². The summed E-state index contributed by atoms with van der Waals surface area (Å²) in [6.45, 7) is 1.13. The molecule has 0 atom stereocenters. The van der Waals surface area contributed by atoms with E-state index in [-0.39, 0.29) is 19.1 Å². The maximum absolute atomic E-state index is 10.3. The average molecular weight is 146 g/mol. The van der Waals surface area contributed by atoms with E-state index < -0.39 is 0 Å². The van der Waals surface area contributed by atoms with E-state index in [4.69, 9.17) is 10.8 Å². The van der Waals surface area contributed by atoms with Crippen LogP contribution in [0, 0.1) is 0 Å². The van der Waals surface area contributed by atoms with Gasteiger partial charge in [-0.25, -0.2) is 0 Å². The normalized spacial score (nSPS) is 10.3. The Bertz CT molecular complexity index is 106. The second-order valence-corrected chi connectivity index (χ2v) is 2.28. The molecule has 4 nitrogen and oxygen atoms in total. The molecule has 0 unspecified atom stereocenters. The van der Waals surface area contributed by atoms with Crippen LogP contribution in [0.4, 0.5) is 0 Å². The zero-order valence-electron chi connectivity index (χ0n) is 6.21. The highest BCUT2D eigenvalue weighted by molar-refractivity contribution is 5.75. The Hall–Kier alpha value is -0.610. The zero-order chi connectivity index (χ0) is 7.98. The first kappa shape index (κ1) is 9.39. The minimum atomic E-state index is -0.333. The van der Waals surface area contributed by atoms with Gasteiger partial charge in [-0.15, -0.1) is 0 Å². The summed E-state index contributed by atoms with van der Waals surface area (Å²) in [4.78, 5) is 12.1. The molecule has 0 rings (SSSR count). The Balaban J connectivity index is 3.25. The molecule has 10 heavy (non-hydrogen) atoms. The summed E-state index contributed by atoms with van der Waals surface area (Å²) in [5, 5.41) is 8.41. The molecule has 0 aliphatic rings. The van der Waals surface area contributed by atoms with E-state index in [9.17, 15) is 4.79 Å². The third-order valence-corrected chi connectivity index (χ3v) is 1.12. The smallest absolute Gasteiger partial charge is 0.231 e. The van der Waals surface area contributed by atoms with Crippen LogP contribution < -0.4 is 5.73 Å². The number of rotatable bonds is 5. The molecule has 0 aromatic carbocycles. The summed E-state index contributed by atoms with van der Waals surface area (Å²) in [6.07, 6.45) is 0.684. The Morgan fingerprint density at radius 2 is 2.30 bits per heavy atom. The summed E-state index contributed by atoms with van der Waals surface area (Å²) >= 11 is 0. The second kappa shape index (κ2) is 5.20. The number of amides is 1. The number of primary amides is 1. The van der Waals surface area contributed by atoms with Gasteiger partial charge in [-0.3, -0.25) is 9.69 Å². The quantitative estimate of drug-likeness (QED) is 0.511. The molecular formula is C6H14N2O2. The molecule has 0 heterocycles. The summed E-state index contributed by atoms with van der Waals surface area (Å²) in [5.74, 6) is -0.333. The molecule has 0 aliphatic heterocycles. The Kier molecular flexibility index (Phi) is 4.88. The lowest BCUT2D eigenvalue weighted by Crippen LogP contribution is -2.31. The number of likely N-dealkylation sites (N-methyl/N-ethyl adjacent to an activating group) is 1.